The van der Waals surface area contributed by atoms with Crippen LogP contribution in [0, 0.1) is 0 Å². The van der Waals surface area contributed by atoms with Crippen LogP contribution < -0.4 is 11.1 Å². The Morgan fingerprint density at radius 3 is 2.62 bits per heavy atom. The van der Waals surface area contributed by atoms with Crippen molar-refractivity contribution in [1.29, 1.82) is 0 Å². The largest absolute Gasteiger partial charge is 0.478 e. The van der Waals surface area contributed by atoms with Gasteiger partial charge in [0, 0.05) is 25.2 Å². The average Bonchev–Trinajstić information content (AvgIpc) is 2.44. The molecular weight excluding hydrogens is 274 g/mol. The highest BCUT2D eigenvalue weighted by atomic mass is 16.4. The van der Waals surface area contributed by atoms with E-state index >= 15 is 0 Å². The van der Waals surface area contributed by atoms with Crippen LogP contribution >= 0.6 is 0 Å². The van der Waals surface area contributed by atoms with Crippen LogP contribution in [0.4, 0.5) is 0 Å². The SMILES string of the molecule is NC(=O)CCCCNC(=O)c1ccc(/C=C/C(=O)O)cn1. The molecule has 0 radical (unpaired) electrons. The van der Waals surface area contributed by atoms with Crippen LogP contribution in [0.5, 0.6) is 0 Å². The first-order chi connectivity index (χ1) is 9.99. The van der Waals surface area contributed by atoms with E-state index in [1.54, 1.807) is 6.07 Å². The fraction of sp³-hybridized carbons (Fsp3) is 0.286. The lowest BCUT2D eigenvalue weighted by atomic mass is 10.2. The van der Waals surface area contributed by atoms with Crippen LogP contribution in [0.3, 0.4) is 0 Å². The molecule has 7 nitrogen and oxygen atoms in total. The van der Waals surface area contributed by atoms with E-state index in [0.29, 0.717) is 31.4 Å². The Balaban J connectivity index is 2.41. The van der Waals surface area contributed by atoms with Gasteiger partial charge in [0.05, 0.1) is 0 Å². The predicted octanol–water partition coefficient (Wildman–Crippen LogP) is 0.565. The molecule has 0 spiro atoms. The van der Waals surface area contributed by atoms with Crippen molar-refractivity contribution < 1.29 is 19.5 Å². The van der Waals surface area contributed by atoms with E-state index in [2.05, 4.69) is 10.3 Å². The third-order valence-corrected chi connectivity index (χ3v) is 2.57. The van der Waals surface area contributed by atoms with Gasteiger partial charge in [0.25, 0.3) is 5.91 Å². The van der Waals surface area contributed by atoms with Crippen LogP contribution in [0.25, 0.3) is 6.08 Å². The molecule has 1 aromatic heterocycles. The van der Waals surface area contributed by atoms with Crippen LogP contribution in [0.2, 0.25) is 0 Å². The van der Waals surface area contributed by atoms with Crippen molar-refractivity contribution in [2.24, 2.45) is 5.73 Å². The summed E-state index contributed by atoms with van der Waals surface area (Å²) >= 11 is 0. The van der Waals surface area contributed by atoms with Crippen LogP contribution in [0.1, 0.15) is 35.3 Å². The van der Waals surface area contributed by atoms with Crippen molar-refractivity contribution in [3.63, 3.8) is 0 Å². The standard InChI is InChI=1S/C14H17N3O4/c15-12(18)3-1-2-8-16-14(21)11-6-4-10(9-17-11)5-7-13(19)20/h4-7,9H,1-3,8H2,(H2,15,18)(H,16,21)(H,19,20)/b7-5+. The highest BCUT2D eigenvalue weighted by molar-refractivity contribution is 5.92. The number of amides is 2. The molecule has 0 aromatic carbocycles. The lowest BCUT2D eigenvalue weighted by Crippen LogP contribution is -2.25. The number of aromatic nitrogens is 1. The summed E-state index contributed by atoms with van der Waals surface area (Å²) in [5.74, 6) is -1.72. The molecule has 1 heterocycles. The van der Waals surface area contributed by atoms with Gasteiger partial charge in [-0.25, -0.2) is 4.79 Å². The molecule has 0 atom stereocenters. The Hall–Kier alpha value is -2.70. The molecule has 1 aromatic rings. The molecule has 0 bridgehead atoms. The molecule has 21 heavy (non-hydrogen) atoms. The lowest BCUT2D eigenvalue weighted by molar-refractivity contribution is -0.131. The van der Waals surface area contributed by atoms with Crippen molar-refractivity contribution in [2.75, 3.05) is 6.54 Å². The van der Waals surface area contributed by atoms with E-state index in [1.165, 1.54) is 18.3 Å². The summed E-state index contributed by atoms with van der Waals surface area (Å²) < 4.78 is 0. The molecule has 1 rings (SSSR count). The van der Waals surface area contributed by atoms with Gasteiger partial charge in [-0.05, 0) is 30.5 Å². The monoisotopic (exact) mass is 291 g/mol. The van der Waals surface area contributed by atoms with Crippen LogP contribution in [-0.2, 0) is 9.59 Å². The summed E-state index contributed by atoms with van der Waals surface area (Å²) in [6, 6.07) is 3.12. The third kappa shape index (κ3) is 6.86. The highest BCUT2D eigenvalue weighted by Crippen LogP contribution is 2.03. The summed E-state index contributed by atoms with van der Waals surface area (Å²) in [6.45, 7) is 0.439. The Morgan fingerprint density at radius 2 is 2.05 bits per heavy atom. The lowest BCUT2D eigenvalue weighted by Gasteiger charge is -2.04. The predicted molar refractivity (Wildman–Crippen MR) is 76.3 cm³/mol. The molecule has 0 saturated carbocycles. The molecule has 4 N–H and O–H groups in total. The number of nitrogens with zero attached hydrogens (tertiary/aromatic N) is 1. The maximum atomic E-state index is 11.7. The first kappa shape index (κ1) is 16.4. The minimum atomic E-state index is -1.05. The van der Waals surface area contributed by atoms with Gasteiger partial charge in [0.1, 0.15) is 5.69 Å². The van der Waals surface area contributed by atoms with Gasteiger partial charge >= 0.3 is 5.97 Å². The van der Waals surface area contributed by atoms with E-state index in [-0.39, 0.29) is 17.5 Å². The minimum Gasteiger partial charge on any atom is -0.478 e. The van der Waals surface area contributed by atoms with Gasteiger partial charge in [-0.2, -0.15) is 0 Å². The zero-order chi connectivity index (χ0) is 15.7. The number of aliphatic carboxylic acids is 1. The number of rotatable bonds is 8. The van der Waals surface area contributed by atoms with Gasteiger partial charge < -0.3 is 16.2 Å². The number of pyridine rings is 1. The van der Waals surface area contributed by atoms with Gasteiger partial charge in [-0.3, -0.25) is 14.6 Å². The molecule has 7 heteroatoms. The summed E-state index contributed by atoms with van der Waals surface area (Å²) in [6.07, 6.45) is 5.40. The Labute approximate surface area is 121 Å². The molecule has 112 valence electrons. The van der Waals surface area contributed by atoms with Crippen molar-refractivity contribution in [2.45, 2.75) is 19.3 Å². The van der Waals surface area contributed by atoms with E-state index in [0.717, 1.165) is 6.08 Å². The summed E-state index contributed by atoms with van der Waals surface area (Å²) in [7, 11) is 0. The van der Waals surface area contributed by atoms with E-state index < -0.39 is 5.97 Å². The fourth-order valence-corrected chi connectivity index (χ4v) is 1.52. The third-order valence-electron chi connectivity index (χ3n) is 2.57. The van der Waals surface area contributed by atoms with Crippen molar-refractivity contribution in [3.05, 3.63) is 35.7 Å². The van der Waals surface area contributed by atoms with E-state index in [4.69, 9.17) is 10.8 Å². The molecule has 0 aliphatic rings. The second-order valence-corrected chi connectivity index (χ2v) is 4.33. The summed E-state index contributed by atoms with van der Waals surface area (Å²) in [5, 5.41) is 11.2. The first-order valence-corrected chi connectivity index (χ1v) is 6.42. The van der Waals surface area contributed by atoms with Crippen LogP contribution in [0.15, 0.2) is 24.4 Å². The first-order valence-electron chi connectivity index (χ1n) is 6.42. The normalized spacial score (nSPS) is 10.5. The molecule has 0 saturated heterocycles. The van der Waals surface area contributed by atoms with Gasteiger partial charge in [-0.15, -0.1) is 0 Å². The molecule has 2 amide bonds. The smallest absolute Gasteiger partial charge is 0.328 e. The second kappa shape index (κ2) is 8.47. The quantitative estimate of drug-likeness (QED) is 0.477. The number of hydrogen-bond acceptors (Lipinski definition) is 4. The molecule has 0 fully saturated rings. The Bertz CT molecular complexity index is 538. The zero-order valence-electron chi connectivity index (χ0n) is 11.4. The Morgan fingerprint density at radius 1 is 1.29 bits per heavy atom. The molecular formula is C14H17N3O4. The summed E-state index contributed by atoms with van der Waals surface area (Å²) in [4.78, 5) is 36.6. The van der Waals surface area contributed by atoms with Crippen molar-refractivity contribution in [3.8, 4) is 0 Å². The van der Waals surface area contributed by atoms with Gasteiger partial charge in [0.2, 0.25) is 5.91 Å². The Kier molecular flexibility index (Phi) is 6.59. The highest BCUT2D eigenvalue weighted by Gasteiger charge is 2.06. The number of hydrogen-bond donors (Lipinski definition) is 3. The number of carbonyl (C=O) groups is 3. The molecule has 0 aliphatic heterocycles. The number of carboxylic acid groups (broad SMARTS) is 1. The minimum absolute atomic E-state index is 0.248. The number of nitrogens with one attached hydrogen (secondary N) is 1. The number of nitrogens with two attached hydrogens (primary N) is 1. The maximum Gasteiger partial charge on any atom is 0.328 e. The van der Waals surface area contributed by atoms with Crippen LogP contribution in [-0.4, -0.2) is 34.4 Å². The topological polar surface area (TPSA) is 122 Å². The summed E-state index contributed by atoms with van der Waals surface area (Å²) in [5.41, 5.74) is 5.84. The molecule has 0 aliphatic carbocycles. The van der Waals surface area contributed by atoms with Gasteiger partial charge in [0.15, 0.2) is 0 Å². The van der Waals surface area contributed by atoms with Crippen molar-refractivity contribution in [1.82, 2.24) is 10.3 Å². The maximum absolute atomic E-state index is 11.7. The van der Waals surface area contributed by atoms with Crippen molar-refractivity contribution >= 4 is 23.9 Å². The second-order valence-electron chi connectivity index (χ2n) is 4.33. The zero-order valence-corrected chi connectivity index (χ0v) is 11.4. The number of primary amides is 1. The fourth-order valence-electron chi connectivity index (χ4n) is 1.52. The number of carbonyl (C=O) groups excluding carboxylic acids is 2. The molecule has 0 unspecified atom stereocenters. The van der Waals surface area contributed by atoms with E-state index in [9.17, 15) is 14.4 Å². The average molecular weight is 291 g/mol. The number of carboxylic acids is 1. The van der Waals surface area contributed by atoms with E-state index in [1.807, 2.05) is 0 Å². The van der Waals surface area contributed by atoms with Gasteiger partial charge in [-0.1, -0.05) is 6.07 Å². The number of unbranched alkanes of at least 4 members (excludes halogenated alkanes) is 1.